The van der Waals surface area contributed by atoms with Gasteiger partial charge in [-0.2, -0.15) is 0 Å². The van der Waals surface area contributed by atoms with E-state index in [1.54, 1.807) is 24.3 Å². The number of anilines is 1. The topological polar surface area (TPSA) is 87.7 Å². The minimum atomic E-state index is -3.69. The van der Waals surface area contributed by atoms with E-state index in [-0.39, 0.29) is 41.1 Å². The molecule has 4 rings (SSSR count). The number of amides is 1. The number of halogens is 1. The fourth-order valence-electron chi connectivity index (χ4n) is 4.71. The molecule has 1 heterocycles. The second-order valence-corrected chi connectivity index (χ2v) is 11.0. The Bertz CT molecular complexity index is 1120. The molecular formula is C25H32FN3O4S. The third-order valence-corrected chi connectivity index (χ3v) is 7.83. The number of morpholine rings is 1. The van der Waals surface area contributed by atoms with Gasteiger partial charge in [0.05, 0.1) is 22.8 Å². The van der Waals surface area contributed by atoms with Crippen LogP contribution in [-0.4, -0.2) is 45.7 Å². The van der Waals surface area contributed by atoms with Gasteiger partial charge in [-0.1, -0.05) is 25.0 Å². The lowest BCUT2D eigenvalue weighted by molar-refractivity contribution is -0.00539. The highest BCUT2D eigenvalue weighted by Crippen LogP contribution is 2.25. The van der Waals surface area contributed by atoms with Gasteiger partial charge in [-0.25, -0.2) is 17.5 Å². The average Bonchev–Trinajstić information content (AvgIpc) is 3.29. The van der Waals surface area contributed by atoms with E-state index in [4.69, 9.17) is 4.74 Å². The molecule has 0 aromatic heterocycles. The molecule has 7 nitrogen and oxygen atoms in total. The molecule has 1 amide bonds. The Hall–Kier alpha value is -2.49. The van der Waals surface area contributed by atoms with Gasteiger partial charge in [-0.15, -0.1) is 0 Å². The summed E-state index contributed by atoms with van der Waals surface area (Å²) in [7, 11) is -3.69. The van der Waals surface area contributed by atoms with Crippen LogP contribution in [-0.2, 0) is 21.3 Å². The molecule has 0 spiro atoms. The summed E-state index contributed by atoms with van der Waals surface area (Å²) in [5.41, 5.74) is 1.38. The minimum Gasteiger partial charge on any atom is -0.372 e. The molecule has 1 aliphatic heterocycles. The monoisotopic (exact) mass is 489 g/mol. The van der Waals surface area contributed by atoms with E-state index in [0.29, 0.717) is 24.3 Å². The van der Waals surface area contributed by atoms with Crippen molar-refractivity contribution in [3.05, 3.63) is 59.4 Å². The molecule has 2 fully saturated rings. The van der Waals surface area contributed by atoms with Crippen molar-refractivity contribution in [3.8, 4) is 0 Å². The summed E-state index contributed by atoms with van der Waals surface area (Å²) in [4.78, 5) is 14.7. The molecule has 1 saturated carbocycles. The number of nitrogens with one attached hydrogen (secondary N) is 2. The van der Waals surface area contributed by atoms with Crippen LogP contribution in [0, 0.1) is 5.82 Å². The Morgan fingerprint density at radius 2 is 1.79 bits per heavy atom. The summed E-state index contributed by atoms with van der Waals surface area (Å²) >= 11 is 0. The fourth-order valence-corrected chi connectivity index (χ4v) is 6.06. The maximum Gasteiger partial charge on any atom is 0.251 e. The standard InChI is InChI=1S/C25H32FN3O4S/c1-17-15-29(16-18(2)33-17)24-11-10-19(12-23(24)26)14-27-25(30)20-6-5-9-22(13-20)34(31,32)28-21-7-3-4-8-21/h5-6,9-13,17-18,21,28H,3-4,7-8,14-16H2,1-2H3,(H,27,30). The van der Waals surface area contributed by atoms with E-state index in [0.717, 1.165) is 25.7 Å². The molecule has 34 heavy (non-hydrogen) atoms. The zero-order valence-corrected chi connectivity index (χ0v) is 20.4. The fraction of sp³-hybridized carbons (Fsp3) is 0.480. The molecule has 0 bridgehead atoms. The lowest BCUT2D eigenvalue weighted by Gasteiger charge is -2.37. The van der Waals surface area contributed by atoms with Crippen molar-refractivity contribution in [2.75, 3.05) is 18.0 Å². The molecular weight excluding hydrogens is 457 g/mol. The van der Waals surface area contributed by atoms with Gasteiger partial charge in [-0.05, 0) is 62.6 Å². The normalized spacial score (nSPS) is 21.6. The number of carbonyl (C=O) groups is 1. The quantitative estimate of drug-likeness (QED) is 0.621. The summed E-state index contributed by atoms with van der Waals surface area (Å²) < 4.78 is 48.6. The van der Waals surface area contributed by atoms with Crippen LogP contribution < -0.4 is 14.9 Å². The van der Waals surface area contributed by atoms with E-state index < -0.39 is 15.9 Å². The number of ether oxygens (including phenoxy) is 1. The summed E-state index contributed by atoms with van der Waals surface area (Å²) in [6.45, 7) is 5.30. The first-order chi connectivity index (χ1) is 16.2. The molecule has 2 unspecified atom stereocenters. The van der Waals surface area contributed by atoms with Gasteiger partial charge >= 0.3 is 0 Å². The Labute approximate surface area is 200 Å². The summed E-state index contributed by atoms with van der Waals surface area (Å²) in [6.07, 6.45) is 3.74. The molecule has 2 atom stereocenters. The summed E-state index contributed by atoms with van der Waals surface area (Å²) in [5, 5.41) is 2.75. The Balaban J connectivity index is 1.39. The van der Waals surface area contributed by atoms with Gasteiger partial charge in [0.1, 0.15) is 5.82 Å². The maximum absolute atomic E-state index is 14.8. The number of sulfonamides is 1. The Morgan fingerprint density at radius 3 is 2.47 bits per heavy atom. The second kappa shape index (κ2) is 10.4. The van der Waals surface area contributed by atoms with Crippen molar-refractivity contribution < 1.29 is 22.3 Å². The van der Waals surface area contributed by atoms with Gasteiger partial charge in [-0.3, -0.25) is 4.79 Å². The van der Waals surface area contributed by atoms with Crippen LogP contribution in [0.1, 0.15) is 55.5 Å². The first kappa shape index (κ1) is 24.6. The van der Waals surface area contributed by atoms with Crippen LogP contribution in [0.4, 0.5) is 10.1 Å². The highest BCUT2D eigenvalue weighted by molar-refractivity contribution is 7.89. The summed E-state index contributed by atoms with van der Waals surface area (Å²) in [5.74, 6) is -0.766. The molecule has 9 heteroatoms. The van der Waals surface area contributed by atoms with Crippen LogP contribution in [0.3, 0.4) is 0 Å². The summed E-state index contributed by atoms with van der Waals surface area (Å²) in [6, 6.07) is 10.9. The van der Waals surface area contributed by atoms with E-state index in [2.05, 4.69) is 10.0 Å². The van der Waals surface area contributed by atoms with E-state index in [1.807, 2.05) is 18.7 Å². The van der Waals surface area contributed by atoms with E-state index in [9.17, 15) is 17.6 Å². The number of nitrogens with zero attached hydrogens (tertiary/aromatic N) is 1. The number of benzene rings is 2. The lowest BCUT2D eigenvalue weighted by atomic mass is 10.1. The van der Waals surface area contributed by atoms with Crippen molar-refractivity contribution in [2.24, 2.45) is 0 Å². The van der Waals surface area contributed by atoms with Crippen molar-refractivity contribution in [2.45, 2.75) is 69.2 Å². The predicted octanol–water partition coefficient (Wildman–Crippen LogP) is 3.59. The SMILES string of the molecule is CC1CN(c2ccc(CNC(=O)c3cccc(S(=O)(=O)NC4CCCC4)c3)cc2F)CC(C)O1. The zero-order chi connectivity index (χ0) is 24.3. The van der Waals surface area contributed by atoms with Crippen LogP contribution in [0.25, 0.3) is 0 Å². The first-order valence-corrected chi connectivity index (χ1v) is 13.3. The largest absolute Gasteiger partial charge is 0.372 e. The van der Waals surface area contributed by atoms with E-state index in [1.165, 1.54) is 18.2 Å². The molecule has 2 N–H and O–H groups in total. The molecule has 2 aromatic rings. The van der Waals surface area contributed by atoms with Gasteiger partial charge in [0.2, 0.25) is 10.0 Å². The highest BCUT2D eigenvalue weighted by atomic mass is 32.2. The molecule has 2 aliphatic rings. The van der Waals surface area contributed by atoms with Crippen molar-refractivity contribution in [3.63, 3.8) is 0 Å². The number of rotatable bonds is 7. The second-order valence-electron chi connectivity index (χ2n) is 9.26. The minimum absolute atomic E-state index is 0.0232. The molecule has 0 radical (unpaired) electrons. The van der Waals surface area contributed by atoms with Crippen LogP contribution in [0.15, 0.2) is 47.4 Å². The maximum atomic E-state index is 14.8. The van der Waals surface area contributed by atoms with Gasteiger partial charge in [0.25, 0.3) is 5.91 Å². The molecule has 1 aliphatic carbocycles. The lowest BCUT2D eigenvalue weighted by Crippen LogP contribution is -2.45. The average molecular weight is 490 g/mol. The smallest absolute Gasteiger partial charge is 0.251 e. The van der Waals surface area contributed by atoms with Crippen molar-refractivity contribution >= 4 is 21.6 Å². The third-order valence-electron chi connectivity index (χ3n) is 6.31. The van der Waals surface area contributed by atoms with Crippen molar-refractivity contribution in [1.29, 1.82) is 0 Å². The number of hydrogen-bond donors (Lipinski definition) is 2. The van der Waals surface area contributed by atoms with Gasteiger partial charge < -0.3 is 15.0 Å². The van der Waals surface area contributed by atoms with Gasteiger partial charge in [0, 0.05) is 31.2 Å². The highest BCUT2D eigenvalue weighted by Gasteiger charge is 2.25. The number of carbonyl (C=O) groups excluding carboxylic acids is 1. The van der Waals surface area contributed by atoms with Crippen LogP contribution >= 0.6 is 0 Å². The zero-order valence-electron chi connectivity index (χ0n) is 19.6. The Morgan fingerprint density at radius 1 is 1.09 bits per heavy atom. The molecule has 1 saturated heterocycles. The first-order valence-electron chi connectivity index (χ1n) is 11.8. The van der Waals surface area contributed by atoms with Crippen LogP contribution in [0.2, 0.25) is 0 Å². The van der Waals surface area contributed by atoms with E-state index >= 15 is 0 Å². The van der Waals surface area contributed by atoms with Crippen molar-refractivity contribution in [1.82, 2.24) is 10.0 Å². The number of hydrogen-bond acceptors (Lipinski definition) is 5. The van der Waals surface area contributed by atoms with Gasteiger partial charge in [0.15, 0.2) is 0 Å². The van der Waals surface area contributed by atoms with Crippen LogP contribution in [0.5, 0.6) is 0 Å². The Kier molecular flexibility index (Phi) is 7.54. The molecule has 2 aromatic carbocycles. The molecule has 184 valence electrons. The predicted molar refractivity (Wildman–Crippen MR) is 129 cm³/mol. The third kappa shape index (κ3) is 5.95.